The van der Waals surface area contributed by atoms with Gasteiger partial charge in [0.05, 0.1) is 12.6 Å². The van der Waals surface area contributed by atoms with Crippen LogP contribution >= 0.6 is 0 Å². The standard InChI is InChI=1S/C16H18N2O2/c1-3-20-15-6-4-13(5-7-15)12(2)18-16(19)14-8-10-17-11-9-14/h4-12H,3H2,1-2H3,(H,18,19)/t12-/m0/s1. The van der Waals surface area contributed by atoms with Gasteiger partial charge in [0, 0.05) is 18.0 Å². The van der Waals surface area contributed by atoms with Crippen LogP contribution in [0.25, 0.3) is 0 Å². The van der Waals surface area contributed by atoms with Gasteiger partial charge in [-0.05, 0) is 43.7 Å². The molecule has 2 aromatic rings. The van der Waals surface area contributed by atoms with E-state index in [2.05, 4.69) is 10.3 Å². The Bertz CT molecular complexity index is 552. The van der Waals surface area contributed by atoms with Crippen LogP contribution in [0.3, 0.4) is 0 Å². The Morgan fingerprint density at radius 3 is 2.45 bits per heavy atom. The van der Waals surface area contributed by atoms with Crippen LogP contribution in [0.2, 0.25) is 0 Å². The molecule has 0 aliphatic heterocycles. The number of benzene rings is 1. The third-order valence-corrected chi connectivity index (χ3v) is 2.98. The van der Waals surface area contributed by atoms with Gasteiger partial charge >= 0.3 is 0 Å². The average molecular weight is 270 g/mol. The number of aromatic nitrogens is 1. The number of carbonyl (C=O) groups excluding carboxylic acids is 1. The summed E-state index contributed by atoms with van der Waals surface area (Å²) in [6, 6.07) is 11.1. The predicted molar refractivity (Wildman–Crippen MR) is 77.7 cm³/mol. The second-order valence-corrected chi connectivity index (χ2v) is 4.43. The number of carbonyl (C=O) groups is 1. The number of hydrogen-bond donors (Lipinski definition) is 1. The molecule has 0 aliphatic rings. The van der Waals surface area contributed by atoms with Gasteiger partial charge in [-0.3, -0.25) is 9.78 Å². The molecule has 1 N–H and O–H groups in total. The number of nitrogens with zero attached hydrogens (tertiary/aromatic N) is 1. The molecule has 104 valence electrons. The maximum Gasteiger partial charge on any atom is 0.251 e. The maximum absolute atomic E-state index is 12.0. The lowest BCUT2D eigenvalue weighted by Crippen LogP contribution is -2.26. The lowest BCUT2D eigenvalue weighted by atomic mass is 10.1. The molecule has 0 saturated carbocycles. The highest BCUT2D eigenvalue weighted by molar-refractivity contribution is 5.94. The second-order valence-electron chi connectivity index (χ2n) is 4.43. The number of hydrogen-bond acceptors (Lipinski definition) is 3. The van der Waals surface area contributed by atoms with Crippen molar-refractivity contribution in [2.24, 2.45) is 0 Å². The van der Waals surface area contributed by atoms with Gasteiger partial charge in [0.1, 0.15) is 5.75 Å². The molecule has 0 radical (unpaired) electrons. The van der Waals surface area contributed by atoms with Crippen molar-refractivity contribution in [2.75, 3.05) is 6.61 Å². The highest BCUT2D eigenvalue weighted by Gasteiger charge is 2.11. The van der Waals surface area contributed by atoms with Crippen molar-refractivity contribution < 1.29 is 9.53 Å². The fourth-order valence-corrected chi connectivity index (χ4v) is 1.89. The van der Waals surface area contributed by atoms with Crippen molar-refractivity contribution in [3.63, 3.8) is 0 Å². The summed E-state index contributed by atoms with van der Waals surface area (Å²) in [4.78, 5) is 15.9. The van der Waals surface area contributed by atoms with E-state index in [9.17, 15) is 4.79 Å². The fraction of sp³-hybridized carbons (Fsp3) is 0.250. The van der Waals surface area contributed by atoms with Gasteiger partial charge in [0.15, 0.2) is 0 Å². The van der Waals surface area contributed by atoms with Gasteiger partial charge in [-0.15, -0.1) is 0 Å². The van der Waals surface area contributed by atoms with Crippen LogP contribution in [0.5, 0.6) is 5.75 Å². The normalized spacial score (nSPS) is 11.7. The van der Waals surface area contributed by atoms with Gasteiger partial charge in [-0.2, -0.15) is 0 Å². The van der Waals surface area contributed by atoms with E-state index in [1.165, 1.54) is 0 Å². The van der Waals surface area contributed by atoms with Gasteiger partial charge < -0.3 is 10.1 Å². The molecule has 0 saturated heterocycles. The van der Waals surface area contributed by atoms with Crippen molar-refractivity contribution >= 4 is 5.91 Å². The van der Waals surface area contributed by atoms with Gasteiger partial charge in [-0.1, -0.05) is 12.1 Å². The monoisotopic (exact) mass is 270 g/mol. The van der Waals surface area contributed by atoms with Crippen LogP contribution in [0, 0.1) is 0 Å². The number of rotatable bonds is 5. The highest BCUT2D eigenvalue weighted by Crippen LogP contribution is 2.18. The summed E-state index contributed by atoms with van der Waals surface area (Å²) in [6.07, 6.45) is 3.22. The number of amides is 1. The number of ether oxygens (including phenoxy) is 1. The molecule has 1 aromatic heterocycles. The molecular weight excluding hydrogens is 252 g/mol. The zero-order valence-electron chi connectivity index (χ0n) is 11.7. The third-order valence-electron chi connectivity index (χ3n) is 2.98. The van der Waals surface area contributed by atoms with E-state index < -0.39 is 0 Å². The summed E-state index contributed by atoms with van der Waals surface area (Å²) in [5, 5.41) is 2.96. The van der Waals surface area contributed by atoms with E-state index >= 15 is 0 Å². The van der Waals surface area contributed by atoms with E-state index in [4.69, 9.17) is 4.74 Å². The van der Waals surface area contributed by atoms with Crippen LogP contribution in [0.15, 0.2) is 48.8 Å². The summed E-state index contributed by atoms with van der Waals surface area (Å²) in [7, 11) is 0. The molecule has 0 fully saturated rings. The number of pyridine rings is 1. The molecule has 0 aliphatic carbocycles. The van der Waals surface area contributed by atoms with Crippen LogP contribution in [-0.4, -0.2) is 17.5 Å². The SMILES string of the molecule is CCOc1ccc([C@H](C)NC(=O)c2ccncc2)cc1. The molecule has 20 heavy (non-hydrogen) atoms. The molecule has 1 heterocycles. The van der Waals surface area contributed by atoms with Crippen molar-refractivity contribution in [1.29, 1.82) is 0 Å². The molecule has 0 bridgehead atoms. The average Bonchev–Trinajstić information content (AvgIpc) is 2.49. The Morgan fingerprint density at radius 1 is 1.20 bits per heavy atom. The first kappa shape index (κ1) is 14.1. The first-order valence-electron chi connectivity index (χ1n) is 6.64. The lowest BCUT2D eigenvalue weighted by Gasteiger charge is -2.15. The van der Waals surface area contributed by atoms with Gasteiger partial charge in [0.25, 0.3) is 5.91 Å². The summed E-state index contributed by atoms with van der Waals surface area (Å²) in [5.41, 5.74) is 1.65. The van der Waals surface area contributed by atoms with Crippen LogP contribution in [-0.2, 0) is 0 Å². The molecule has 0 spiro atoms. The summed E-state index contributed by atoms with van der Waals surface area (Å²) >= 11 is 0. The van der Waals surface area contributed by atoms with E-state index in [1.807, 2.05) is 38.1 Å². The van der Waals surface area contributed by atoms with Crippen molar-refractivity contribution in [3.05, 3.63) is 59.9 Å². The molecule has 1 amide bonds. The topological polar surface area (TPSA) is 51.2 Å². The molecule has 2 rings (SSSR count). The summed E-state index contributed by atoms with van der Waals surface area (Å²) in [6.45, 7) is 4.55. The van der Waals surface area contributed by atoms with E-state index in [0.29, 0.717) is 12.2 Å². The first-order valence-corrected chi connectivity index (χ1v) is 6.64. The van der Waals surface area contributed by atoms with Crippen LogP contribution < -0.4 is 10.1 Å². The van der Waals surface area contributed by atoms with Crippen molar-refractivity contribution in [1.82, 2.24) is 10.3 Å². The van der Waals surface area contributed by atoms with E-state index in [1.54, 1.807) is 24.5 Å². The van der Waals surface area contributed by atoms with Crippen molar-refractivity contribution in [2.45, 2.75) is 19.9 Å². The molecular formula is C16H18N2O2. The Kier molecular flexibility index (Phi) is 4.71. The highest BCUT2D eigenvalue weighted by atomic mass is 16.5. The zero-order chi connectivity index (χ0) is 14.4. The smallest absolute Gasteiger partial charge is 0.251 e. The maximum atomic E-state index is 12.0. The third kappa shape index (κ3) is 3.57. The zero-order valence-corrected chi connectivity index (χ0v) is 11.7. The Hall–Kier alpha value is -2.36. The summed E-state index contributed by atoms with van der Waals surface area (Å²) < 4.78 is 5.40. The molecule has 1 atom stereocenters. The molecule has 1 aromatic carbocycles. The fourth-order valence-electron chi connectivity index (χ4n) is 1.89. The minimum atomic E-state index is -0.103. The Balaban J connectivity index is 2.01. The Labute approximate surface area is 118 Å². The molecule has 4 heteroatoms. The van der Waals surface area contributed by atoms with E-state index in [0.717, 1.165) is 11.3 Å². The van der Waals surface area contributed by atoms with Crippen LogP contribution in [0.1, 0.15) is 35.8 Å². The minimum Gasteiger partial charge on any atom is -0.494 e. The van der Waals surface area contributed by atoms with Crippen molar-refractivity contribution in [3.8, 4) is 5.75 Å². The van der Waals surface area contributed by atoms with Gasteiger partial charge in [-0.25, -0.2) is 0 Å². The largest absolute Gasteiger partial charge is 0.494 e. The number of nitrogens with one attached hydrogen (secondary N) is 1. The first-order chi connectivity index (χ1) is 9.70. The predicted octanol–water partition coefficient (Wildman–Crippen LogP) is 2.97. The van der Waals surface area contributed by atoms with Crippen LogP contribution in [0.4, 0.5) is 0 Å². The molecule has 0 unspecified atom stereocenters. The quantitative estimate of drug-likeness (QED) is 0.908. The van der Waals surface area contributed by atoms with E-state index in [-0.39, 0.29) is 11.9 Å². The van der Waals surface area contributed by atoms with Gasteiger partial charge in [0.2, 0.25) is 0 Å². The Morgan fingerprint density at radius 2 is 1.85 bits per heavy atom. The molecule has 4 nitrogen and oxygen atoms in total. The lowest BCUT2D eigenvalue weighted by molar-refractivity contribution is 0.0940. The second kappa shape index (κ2) is 6.70. The summed E-state index contributed by atoms with van der Waals surface area (Å²) in [5.74, 6) is 0.734. The minimum absolute atomic E-state index is 0.0636.